The number of anilines is 1. The van der Waals surface area contributed by atoms with Crippen molar-refractivity contribution in [1.29, 1.82) is 0 Å². The topological polar surface area (TPSA) is 71.0 Å². The third-order valence-corrected chi connectivity index (χ3v) is 3.76. The molecule has 2 aromatic rings. The molecule has 7 heteroatoms. The molecule has 20 heavy (non-hydrogen) atoms. The van der Waals surface area contributed by atoms with Gasteiger partial charge >= 0.3 is 0 Å². The number of aromatic nitrogens is 3. The molecule has 2 rings (SSSR count). The highest BCUT2D eigenvalue weighted by Gasteiger charge is 2.11. The van der Waals surface area contributed by atoms with Crippen molar-refractivity contribution in [3.05, 3.63) is 34.4 Å². The van der Waals surface area contributed by atoms with Crippen LogP contribution < -0.4 is 5.32 Å². The van der Waals surface area contributed by atoms with E-state index in [0.717, 1.165) is 11.6 Å². The number of rotatable bonds is 5. The third kappa shape index (κ3) is 3.51. The van der Waals surface area contributed by atoms with Crippen LogP contribution in [0.2, 0.25) is 0 Å². The molecule has 0 radical (unpaired) electrons. The molecule has 1 atom stereocenters. The molecule has 0 bridgehead atoms. The minimum absolute atomic E-state index is 0.153. The van der Waals surface area contributed by atoms with Gasteiger partial charge in [-0.2, -0.15) is 0 Å². The smallest absolute Gasteiger partial charge is 0.273 e. The van der Waals surface area contributed by atoms with Crippen LogP contribution in [-0.4, -0.2) is 46.6 Å². The Kier molecular flexibility index (Phi) is 4.62. The molecule has 6 nitrogen and oxygen atoms in total. The quantitative estimate of drug-likeness (QED) is 0.910. The molecule has 0 aliphatic rings. The van der Waals surface area contributed by atoms with E-state index in [0.29, 0.717) is 17.4 Å². The normalized spacial score (nSPS) is 11.9. The van der Waals surface area contributed by atoms with Gasteiger partial charge in [0.25, 0.3) is 5.91 Å². The predicted molar refractivity (Wildman–Crippen MR) is 79.1 cm³/mol. The molecule has 2 heterocycles. The van der Waals surface area contributed by atoms with E-state index in [1.165, 1.54) is 4.90 Å². The van der Waals surface area contributed by atoms with Gasteiger partial charge in [0.05, 0.1) is 5.01 Å². The summed E-state index contributed by atoms with van der Waals surface area (Å²) in [6.45, 7) is 2.83. The van der Waals surface area contributed by atoms with E-state index in [2.05, 4.69) is 27.4 Å². The summed E-state index contributed by atoms with van der Waals surface area (Å²) < 4.78 is 0. The Morgan fingerprint density at radius 2 is 2.20 bits per heavy atom. The van der Waals surface area contributed by atoms with Crippen molar-refractivity contribution in [2.24, 2.45) is 0 Å². The number of carbonyl (C=O) groups is 1. The van der Waals surface area contributed by atoms with E-state index in [9.17, 15) is 4.79 Å². The van der Waals surface area contributed by atoms with E-state index in [1.54, 1.807) is 43.8 Å². The second kappa shape index (κ2) is 6.42. The fraction of sp³-hybridized carbons (Fsp3) is 0.385. The summed E-state index contributed by atoms with van der Waals surface area (Å²) in [6.07, 6.45) is 1.80. The standard InChI is InChI=1S/C13H17N5OS/c1-9(12-14-6-7-20-12)8-15-11-5-4-10(16-17-11)13(19)18(2)3/h4-7,9H,8H2,1-3H3,(H,15,17). The Labute approximate surface area is 121 Å². The molecule has 0 saturated carbocycles. The number of hydrogen-bond donors (Lipinski definition) is 1. The van der Waals surface area contributed by atoms with Crippen LogP contribution in [0.1, 0.15) is 28.3 Å². The van der Waals surface area contributed by atoms with Gasteiger partial charge in [-0.25, -0.2) is 4.98 Å². The molecular weight excluding hydrogens is 274 g/mol. The Morgan fingerprint density at radius 3 is 2.75 bits per heavy atom. The highest BCUT2D eigenvalue weighted by Crippen LogP contribution is 2.17. The lowest BCUT2D eigenvalue weighted by molar-refractivity contribution is 0.0821. The number of thiazole rings is 1. The Morgan fingerprint density at radius 1 is 1.40 bits per heavy atom. The van der Waals surface area contributed by atoms with Crippen LogP contribution in [0.5, 0.6) is 0 Å². The Bertz CT molecular complexity index is 553. The first kappa shape index (κ1) is 14.4. The number of amides is 1. The molecule has 1 amide bonds. The molecule has 2 aromatic heterocycles. The monoisotopic (exact) mass is 291 g/mol. The SMILES string of the molecule is CC(CNc1ccc(C(=O)N(C)C)nn1)c1nccs1. The molecular formula is C13H17N5OS. The summed E-state index contributed by atoms with van der Waals surface area (Å²) >= 11 is 1.64. The molecule has 0 fully saturated rings. The lowest BCUT2D eigenvalue weighted by Gasteiger charge is -2.11. The van der Waals surface area contributed by atoms with Crippen molar-refractivity contribution in [3.8, 4) is 0 Å². The van der Waals surface area contributed by atoms with Crippen LogP contribution in [0.15, 0.2) is 23.7 Å². The predicted octanol–water partition coefficient (Wildman–Crippen LogP) is 1.85. The third-order valence-electron chi connectivity index (χ3n) is 2.75. The first-order valence-corrected chi connectivity index (χ1v) is 7.14. The van der Waals surface area contributed by atoms with E-state index in [1.807, 2.05) is 5.38 Å². The highest BCUT2D eigenvalue weighted by molar-refractivity contribution is 7.09. The van der Waals surface area contributed by atoms with Crippen molar-refractivity contribution >= 4 is 23.1 Å². The maximum absolute atomic E-state index is 11.7. The van der Waals surface area contributed by atoms with Crippen molar-refractivity contribution < 1.29 is 4.79 Å². The Hall–Kier alpha value is -2.02. The van der Waals surface area contributed by atoms with Gasteiger partial charge in [-0.1, -0.05) is 6.92 Å². The van der Waals surface area contributed by atoms with E-state index < -0.39 is 0 Å². The number of nitrogens with zero attached hydrogens (tertiary/aromatic N) is 4. The summed E-state index contributed by atoms with van der Waals surface area (Å²) in [7, 11) is 3.37. The van der Waals surface area contributed by atoms with Crippen LogP contribution in [0.4, 0.5) is 5.82 Å². The average Bonchev–Trinajstić information content (AvgIpc) is 2.98. The number of carbonyl (C=O) groups excluding carboxylic acids is 1. The fourth-order valence-electron chi connectivity index (χ4n) is 1.59. The molecule has 0 aromatic carbocycles. The summed E-state index contributed by atoms with van der Waals surface area (Å²) in [6, 6.07) is 3.43. The molecule has 106 valence electrons. The first-order chi connectivity index (χ1) is 9.58. The second-order valence-electron chi connectivity index (χ2n) is 4.66. The zero-order valence-corrected chi connectivity index (χ0v) is 12.5. The van der Waals surface area contributed by atoms with Gasteiger partial charge in [0.2, 0.25) is 0 Å². The average molecular weight is 291 g/mol. The lowest BCUT2D eigenvalue weighted by atomic mass is 10.2. The van der Waals surface area contributed by atoms with Gasteiger partial charge in [-0.3, -0.25) is 4.79 Å². The summed E-state index contributed by atoms with van der Waals surface area (Å²) in [5.74, 6) is 0.809. The van der Waals surface area contributed by atoms with Gasteiger partial charge < -0.3 is 10.2 Å². The second-order valence-corrected chi connectivity index (χ2v) is 5.58. The zero-order valence-electron chi connectivity index (χ0n) is 11.7. The molecule has 0 spiro atoms. The van der Waals surface area contributed by atoms with Crippen molar-refractivity contribution in [3.63, 3.8) is 0 Å². The van der Waals surface area contributed by atoms with E-state index in [4.69, 9.17) is 0 Å². The summed E-state index contributed by atoms with van der Waals surface area (Å²) in [4.78, 5) is 17.4. The van der Waals surface area contributed by atoms with Crippen LogP contribution in [0.25, 0.3) is 0 Å². The number of nitrogens with one attached hydrogen (secondary N) is 1. The summed E-state index contributed by atoms with van der Waals surface area (Å²) in [5, 5.41) is 14.2. The van der Waals surface area contributed by atoms with Gasteiger partial charge in [-0.15, -0.1) is 21.5 Å². The van der Waals surface area contributed by atoms with Gasteiger partial charge in [0, 0.05) is 38.1 Å². The van der Waals surface area contributed by atoms with Crippen molar-refractivity contribution in [2.75, 3.05) is 26.0 Å². The minimum Gasteiger partial charge on any atom is -0.368 e. The summed E-state index contributed by atoms with van der Waals surface area (Å²) in [5.41, 5.74) is 0.341. The lowest BCUT2D eigenvalue weighted by Crippen LogP contribution is -2.23. The minimum atomic E-state index is -0.153. The molecule has 0 saturated heterocycles. The maximum atomic E-state index is 11.7. The fourth-order valence-corrected chi connectivity index (χ4v) is 2.29. The van der Waals surface area contributed by atoms with Crippen LogP contribution in [0, 0.1) is 0 Å². The van der Waals surface area contributed by atoms with Crippen molar-refractivity contribution in [1.82, 2.24) is 20.1 Å². The molecule has 0 aliphatic heterocycles. The van der Waals surface area contributed by atoms with Gasteiger partial charge in [0.1, 0.15) is 5.82 Å². The van der Waals surface area contributed by atoms with Crippen LogP contribution >= 0.6 is 11.3 Å². The number of hydrogen-bond acceptors (Lipinski definition) is 6. The van der Waals surface area contributed by atoms with Crippen LogP contribution in [0.3, 0.4) is 0 Å². The van der Waals surface area contributed by atoms with Crippen LogP contribution in [-0.2, 0) is 0 Å². The zero-order chi connectivity index (χ0) is 14.5. The molecule has 1 unspecified atom stereocenters. The largest absolute Gasteiger partial charge is 0.368 e. The van der Waals surface area contributed by atoms with Gasteiger partial charge in [0.15, 0.2) is 5.69 Å². The molecule has 1 N–H and O–H groups in total. The van der Waals surface area contributed by atoms with Gasteiger partial charge in [-0.05, 0) is 12.1 Å². The first-order valence-electron chi connectivity index (χ1n) is 6.26. The Balaban J connectivity index is 1.93. The van der Waals surface area contributed by atoms with E-state index in [-0.39, 0.29) is 5.91 Å². The van der Waals surface area contributed by atoms with Crippen molar-refractivity contribution in [2.45, 2.75) is 12.8 Å². The maximum Gasteiger partial charge on any atom is 0.273 e. The highest BCUT2D eigenvalue weighted by atomic mass is 32.1. The molecule has 0 aliphatic carbocycles. The van der Waals surface area contributed by atoms with E-state index >= 15 is 0 Å².